The average molecular weight is 340 g/mol. The van der Waals surface area contributed by atoms with Crippen molar-refractivity contribution in [2.24, 2.45) is 0 Å². The zero-order chi connectivity index (χ0) is 16.1. The highest BCUT2D eigenvalue weighted by molar-refractivity contribution is 7.10. The van der Waals surface area contributed by atoms with E-state index in [1.807, 2.05) is 6.07 Å². The van der Waals surface area contributed by atoms with E-state index in [0.717, 1.165) is 11.5 Å². The molecular weight excluding hydrogens is 326 g/mol. The largest absolute Gasteiger partial charge is 0.497 e. The van der Waals surface area contributed by atoms with Gasteiger partial charge in [0, 0.05) is 12.6 Å². The molecule has 0 bridgehead atoms. The molecule has 2 rings (SSSR count). The smallest absolute Gasteiger partial charge is 0.162 e. The minimum Gasteiger partial charge on any atom is -0.497 e. The number of aliphatic hydroxyl groups excluding tert-OH is 1. The lowest BCUT2D eigenvalue weighted by molar-refractivity contribution is 0.191. The molecule has 6 nitrogen and oxygen atoms in total. The topological polar surface area (TPSA) is 87.4 Å². The molecule has 1 heterocycles. The Morgan fingerprint density at radius 2 is 2.00 bits per heavy atom. The number of anilines is 1. The van der Waals surface area contributed by atoms with Gasteiger partial charge in [-0.25, -0.2) is 0 Å². The fourth-order valence-electron chi connectivity index (χ4n) is 1.82. The molecule has 0 saturated heterocycles. The second kappa shape index (κ2) is 7.31. The van der Waals surface area contributed by atoms with Crippen LogP contribution in [-0.4, -0.2) is 30.2 Å². The molecule has 2 aromatic rings. The molecule has 0 aliphatic rings. The van der Waals surface area contributed by atoms with Crippen molar-refractivity contribution in [2.45, 2.75) is 6.10 Å². The Bertz CT molecular complexity index is 677. The number of hydrogen-bond acceptors (Lipinski definition) is 7. The highest BCUT2D eigenvalue weighted by Gasteiger charge is 2.15. The number of aromatic nitrogens is 1. The van der Waals surface area contributed by atoms with Gasteiger partial charge in [-0.3, -0.25) is 0 Å². The van der Waals surface area contributed by atoms with Crippen LogP contribution in [0.25, 0.3) is 0 Å². The normalized spacial score (nSPS) is 11.6. The molecule has 0 aliphatic carbocycles. The predicted molar refractivity (Wildman–Crippen MR) is 84.8 cm³/mol. The summed E-state index contributed by atoms with van der Waals surface area (Å²) in [4.78, 5) is 0. The highest BCUT2D eigenvalue weighted by Crippen LogP contribution is 2.30. The Kier molecular flexibility index (Phi) is 5.44. The molecule has 0 radical (unpaired) electrons. The molecule has 22 heavy (non-hydrogen) atoms. The van der Waals surface area contributed by atoms with Gasteiger partial charge in [-0.1, -0.05) is 11.6 Å². The third-order valence-electron chi connectivity index (χ3n) is 2.98. The minimum absolute atomic E-state index is 0.160. The number of rotatable bonds is 6. The zero-order valence-corrected chi connectivity index (χ0v) is 13.5. The van der Waals surface area contributed by atoms with Crippen molar-refractivity contribution in [1.29, 1.82) is 5.26 Å². The van der Waals surface area contributed by atoms with E-state index < -0.39 is 6.10 Å². The van der Waals surface area contributed by atoms with Crippen molar-refractivity contribution in [3.05, 3.63) is 34.5 Å². The van der Waals surface area contributed by atoms with Gasteiger partial charge >= 0.3 is 0 Å². The second-order valence-corrected chi connectivity index (χ2v) is 5.46. The first-order chi connectivity index (χ1) is 10.6. The number of nitrogens with zero attached hydrogens (tertiary/aromatic N) is 2. The molecule has 8 heteroatoms. The molecule has 116 valence electrons. The molecule has 0 saturated carbocycles. The van der Waals surface area contributed by atoms with Crippen LogP contribution in [0.5, 0.6) is 11.5 Å². The number of benzene rings is 1. The van der Waals surface area contributed by atoms with Gasteiger partial charge in [-0.05, 0) is 29.2 Å². The molecule has 0 aliphatic heterocycles. The lowest BCUT2D eigenvalue weighted by atomic mass is 10.1. The first-order valence-corrected chi connectivity index (χ1v) is 7.44. The van der Waals surface area contributed by atoms with Crippen LogP contribution >= 0.6 is 23.1 Å². The number of nitriles is 1. The Morgan fingerprint density at radius 1 is 1.36 bits per heavy atom. The summed E-state index contributed by atoms with van der Waals surface area (Å²) in [6.07, 6.45) is -0.809. The molecule has 1 atom stereocenters. The molecule has 1 unspecified atom stereocenters. The zero-order valence-electron chi connectivity index (χ0n) is 12.0. The number of aliphatic hydroxyl groups is 1. The van der Waals surface area contributed by atoms with E-state index in [1.165, 1.54) is 0 Å². The van der Waals surface area contributed by atoms with Gasteiger partial charge < -0.3 is 19.9 Å². The van der Waals surface area contributed by atoms with Crippen LogP contribution in [0.1, 0.15) is 17.2 Å². The molecule has 0 fully saturated rings. The van der Waals surface area contributed by atoms with Crippen molar-refractivity contribution in [3.63, 3.8) is 0 Å². The molecule has 0 spiro atoms. The summed E-state index contributed by atoms with van der Waals surface area (Å²) in [5, 5.41) is 23.0. The lowest BCUT2D eigenvalue weighted by Gasteiger charge is -2.14. The van der Waals surface area contributed by atoms with Gasteiger partial charge in [0.05, 0.1) is 20.3 Å². The summed E-state index contributed by atoms with van der Waals surface area (Å²) >= 11 is 6.87. The molecule has 1 aromatic heterocycles. The molecular formula is C14H14ClN3O3S. The van der Waals surface area contributed by atoms with Crippen LogP contribution in [0, 0.1) is 11.3 Å². The minimum atomic E-state index is -0.809. The SMILES string of the molecule is COc1cc(OC)cc(C(O)CNc2snc(Cl)c2C#N)c1. The van der Waals surface area contributed by atoms with E-state index in [2.05, 4.69) is 9.69 Å². The monoisotopic (exact) mass is 339 g/mol. The maximum absolute atomic E-state index is 10.3. The fourth-order valence-corrected chi connectivity index (χ4v) is 2.76. The van der Waals surface area contributed by atoms with E-state index in [4.69, 9.17) is 26.3 Å². The number of nitrogens with one attached hydrogen (secondary N) is 1. The van der Waals surface area contributed by atoms with Crippen molar-refractivity contribution in [1.82, 2.24) is 4.37 Å². The number of hydrogen-bond donors (Lipinski definition) is 2. The summed E-state index contributed by atoms with van der Waals surface area (Å²) in [5.41, 5.74) is 0.917. The van der Waals surface area contributed by atoms with Gasteiger partial charge in [0.15, 0.2) is 5.15 Å². The molecule has 2 N–H and O–H groups in total. The summed E-state index contributed by atoms with van der Waals surface area (Å²) < 4.78 is 14.2. The first-order valence-electron chi connectivity index (χ1n) is 6.29. The average Bonchev–Trinajstić information content (AvgIpc) is 2.91. The number of methoxy groups -OCH3 is 2. The first kappa shape index (κ1) is 16.4. The van der Waals surface area contributed by atoms with E-state index in [-0.39, 0.29) is 17.3 Å². The third kappa shape index (κ3) is 3.60. The lowest BCUT2D eigenvalue weighted by Crippen LogP contribution is -2.12. The van der Waals surface area contributed by atoms with E-state index in [1.54, 1.807) is 32.4 Å². The standard InChI is InChI=1S/C14H14ClN3O3S/c1-20-9-3-8(4-10(5-9)21-2)12(19)7-17-14-11(6-16)13(15)18-22-14/h3-5,12,17,19H,7H2,1-2H3. The highest BCUT2D eigenvalue weighted by atomic mass is 35.5. The van der Waals surface area contributed by atoms with Crippen LogP contribution in [0.2, 0.25) is 5.15 Å². The fraction of sp³-hybridized carbons (Fsp3) is 0.286. The Morgan fingerprint density at radius 3 is 2.55 bits per heavy atom. The quantitative estimate of drug-likeness (QED) is 0.841. The van der Waals surface area contributed by atoms with Crippen LogP contribution < -0.4 is 14.8 Å². The number of ether oxygens (including phenoxy) is 2. The van der Waals surface area contributed by atoms with Crippen LogP contribution in [0.15, 0.2) is 18.2 Å². The van der Waals surface area contributed by atoms with Crippen LogP contribution in [-0.2, 0) is 0 Å². The Balaban J connectivity index is 2.12. The van der Waals surface area contributed by atoms with Crippen molar-refractivity contribution in [2.75, 3.05) is 26.1 Å². The van der Waals surface area contributed by atoms with Crippen molar-refractivity contribution in [3.8, 4) is 17.6 Å². The van der Waals surface area contributed by atoms with E-state index in [0.29, 0.717) is 22.1 Å². The maximum Gasteiger partial charge on any atom is 0.162 e. The van der Waals surface area contributed by atoms with E-state index >= 15 is 0 Å². The van der Waals surface area contributed by atoms with E-state index in [9.17, 15) is 5.11 Å². The predicted octanol–water partition coefficient (Wildman–Crippen LogP) is 2.83. The summed E-state index contributed by atoms with van der Waals surface area (Å²) in [7, 11) is 3.09. The van der Waals surface area contributed by atoms with Crippen molar-refractivity contribution < 1.29 is 14.6 Å². The van der Waals surface area contributed by atoms with Crippen LogP contribution in [0.4, 0.5) is 5.00 Å². The third-order valence-corrected chi connectivity index (χ3v) is 4.16. The Labute approximate surface area is 137 Å². The summed E-state index contributed by atoms with van der Waals surface area (Å²) in [6, 6.07) is 7.14. The van der Waals surface area contributed by atoms with Gasteiger partial charge in [-0.2, -0.15) is 9.64 Å². The van der Waals surface area contributed by atoms with Crippen molar-refractivity contribution >= 4 is 28.1 Å². The maximum atomic E-state index is 10.3. The molecule has 0 amide bonds. The molecule has 1 aromatic carbocycles. The summed E-state index contributed by atoms with van der Waals surface area (Å²) in [6.45, 7) is 0.198. The van der Waals surface area contributed by atoms with Gasteiger partial charge in [0.25, 0.3) is 0 Å². The Hall–Kier alpha value is -2.01. The second-order valence-electron chi connectivity index (χ2n) is 4.33. The number of halogens is 1. The van der Waals surface area contributed by atoms with Gasteiger partial charge in [-0.15, -0.1) is 0 Å². The van der Waals surface area contributed by atoms with Gasteiger partial charge in [0.1, 0.15) is 28.1 Å². The van der Waals surface area contributed by atoms with Gasteiger partial charge in [0.2, 0.25) is 0 Å². The van der Waals surface area contributed by atoms with Crippen LogP contribution in [0.3, 0.4) is 0 Å². The summed E-state index contributed by atoms with van der Waals surface area (Å²) in [5.74, 6) is 1.18.